The Morgan fingerprint density at radius 2 is 2.13 bits per heavy atom. The van der Waals surface area contributed by atoms with Gasteiger partial charge in [0.15, 0.2) is 0 Å². The minimum Gasteiger partial charge on any atom is -0.302 e. The fourth-order valence-electron chi connectivity index (χ4n) is 2.66. The number of ketones is 1. The molecule has 15 heavy (non-hydrogen) atoms. The van der Waals surface area contributed by atoms with Crippen LogP contribution in [0, 0.1) is 0 Å². The summed E-state index contributed by atoms with van der Waals surface area (Å²) in [4.78, 5) is 16.1. The predicted octanol–water partition coefficient (Wildman–Crippen LogP) is 1.14. The highest BCUT2D eigenvalue weighted by molar-refractivity contribution is 5.81. The Kier molecular flexibility index (Phi) is 3.76. The van der Waals surface area contributed by atoms with Crippen LogP contribution in [0.5, 0.6) is 0 Å². The molecule has 2 fully saturated rings. The summed E-state index contributed by atoms with van der Waals surface area (Å²) < 4.78 is 0. The van der Waals surface area contributed by atoms with Gasteiger partial charge in [0, 0.05) is 32.0 Å². The lowest BCUT2D eigenvalue weighted by molar-refractivity contribution is -0.117. The van der Waals surface area contributed by atoms with Crippen molar-refractivity contribution < 1.29 is 4.79 Å². The number of nitrogens with zero attached hydrogens (tertiary/aromatic N) is 2. The summed E-state index contributed by atoms with van der Waals surface area (Å²) in [6.45, 7) is 4.86. The Hall–Kier alpha value is -0.410. The first kappa shape index (κ1) is 11.1. The summed E-state index contributed by atoms with van der Waals surface area (Å²) in [5, 5.41) is 0. The predicted molar refractivity (Wildman–Crippen MR) is 61.0 cm³/mol. The van der Waals surface area contributed by atoms with Crippen LogP contribution >= 0.6 is 0 Å². The lowest BCUT2D eigenvalue weighted by atomic mass is 10.2. The summed E-state index contributed by atoms with van der Waals surface area (Å²) in [5.74, 6) is 0.452. The third kappa shape index (κ3) is 3.02. The molecule has 2 aliphatic rings. The van der Waals surface area contributed by atoms with Crippen LogP contribution in [0.1, 0.15) is 32.1 Å². The fourth-order valence-corrected chi connectivity index (χ4v) is 2.66. The lowest BCUT2D eigenvalue weighted by Gasteiger charge is -2.25. The zero-order valence-corrected chi connectivity index (χ0v) is 9.74. The Morgan fingerprint density at radius 3 is 2.73 bits per heavy atom. The van der Waals surface area contributed by atoms with Gasteiger partial charge in [-0.2, -0.15) is 0 Å². The van der Waals surface area contributed by atoms with Crippen molar-refractivity contribution in [2.45, 2.75) is 38.1 Å². The van der Waals surface area contributed by atoms with Crippen molar-refractivity contribution in [2.24, 2.45) is 0 Å². The molecule has 3 nitrogen and oxygen atoms in total. The number of rotatable bonds is 4. The molecule has 0 aromatic heterocycles. The van der Waals surface area contributed by atoms with Gasteiger partial charge in [0.1, 0.15) is 5.78 Å². The summed E-state index contributed by atoms with van der Waals surface area (Å²) in [5.41, 5.74) is 0. The van der Waals surface area contributed by atoms with E-state index < -0.39 is 0 Å². The van der Waals surface area contributed by atoms with Crippen molar-refractivity contribution in [3.05, 3.63) is 0 Å². The van der Waals surface area contributed by atoms with Crippen LogP contribution in [0.25, 0.3) is 0 Å². The van der Waals surface area contributed by atoms with Gasteiger partial charge in [0.2, 0.25) is 0 Å². The van der Waals surface area contributed by atoms with Crippen LogP contribution in [0.3, 0.4) is 0 Å². The largest absolute Gasteiger partial charge is 0.302 e. The first-order valence-corrected chi connectivity index (χ1v) is 6.20. The molecule has 0 N–H and O–H groups in total. The third-order valence-electron chi connectivity index (χ3n) is 3.81. The lowest BCUT2D eigenvalue weighted by Crippen LogP contribution is -2.36. The van der Waals surface area contributed by atoms with E-state index in [4.69, 9.17) is 0 Å². The summed E-state index contributed by atoms with van der Waals surface area (Å²) in [6, 6.07) is 0.528. The van der Waals surface area contributed by atoms with Crippen LogP contribution in [0.15, 0.2) is 0 Å². The maximum Gasteiger partial charge on any atom is 0.134 e. The quantitative estimate of drug-likeness (QED) is 0.695. The SMILES string of the molecule is CN(CCN1CCCC1)C1CCC(=O)C1. The molecule has 1 heterocycles. The van der Waals surface area contributed by atoms with Crippen molar-refractivity contribution in [1.29, 1.82) is 0 Å². The Bertz CT molecular complexity index is 224. The Morgan fingerprint density at radius 1 is 1.40 bits per heavy atom. The zero-order chi connectivity index (χ0) is 10.7. The van der Waals surface area contributed by atoms with E-state index in [9.17, 15) is 4.79 Å². The van der Waals surface area contributed by atoms with Crippen LogP contribution in [-0.2, 0) is 4.79 Å². The Labute approximate surface area is 92.4 Å². The van der Waals surface area contributed by atoms with Gasteiger partial charge in [0.25, 0.3) is 0 Å². The number of likely N-dealkylation sites (N-methyl/N-ethyl adjacent to an activating group) is 1. The second kappa shape index (κ2) is 5.08. The van der Waals surface area contributed by atoms with E-state index in [1.54, 1.807) is 0 Å². The molecule has 1 aliphatic heterocycles. The second-order valence-electron chi connectivity index (χ2n) is 4.96. The van der Waals surface area contributed by atoms with Crippen molar-refractivity contribution in [3.63, 3.8) is 0 Å². The molecule has 0 aromatic carbocycles. The van der Waals surface area contributed by atoms with Crippen LogP contribution in [0.2, 0.25) is 0 Å². The maximum atomic E-state index is 11.2. The van der Waals surface area contributed by atoms with Gasteiger partial charge in [-0.15, -0.1) is 0 Å². The zero-order valence-electron chi connectivity index (χ0n) is 9.74. The monoisotopic (exact) mass is 210 g/mol. The highest BCUT2D eigenvalue weighted by Gasteiger charge is 2.25. The van der Waals surface area contributed by atoms with Gasteiger partial charge in [0.05, 0.1) is 0 Å². The third-order valence-corrected chi connectivity index (χ3v) is 3.81. The van der Waals surface area contributed by atoms with Crippen molar-refractivity contribution in [3.8, 4) is 0 Å². The fraction of sp³-hybridized carbons (Fsp3) is 0.917. The van der Waals surface area contributed by atoms with E-state index in [-0.39, 0.29) is 0 Å². The van der Waals surface area contributed by atoms with E-state index in [0.717, 1.165) is 25.8 Å². The molecule has 1 saturated carbocycles. The van der Waals surface area contributed by atoms with E-state index in [0.29, 0.717) is 11.8 Å². The van der Waals surface area contributed by atoms with Gasteiger partial charge in [-0.1, -0.05) is 0 Å². The topological polar surface area (TPSA) is 23.6 Å². The Balaban J connectivity index is 1.67. The molecule has 1 saturated heterocycles. The summed E-state index contributed by atoms with van der Waals surface area (Å²) in [6.07, 6.45) is 5.40. The smallest absolute Gasteiger partial charge is 0.134 e. The maximum absolute atomic E-state index is 11.2. The molecule has 2 rings (SSSR count). The minimum absolute atomic E-state index is 0.452. The number of carbonyl (C=O) groups excluding carboxylic acids is 1. The number of carbonyl (C=O) groups is 1. The van der Waals surface area contributed by atoms with E-state index in [1.807, 2.05) is 0 Å². The molecule has 3 heteroatoms. The summed E-state index contributed by atoms with van der Waals surface area (Å²) >= 11 is 0. The minimum atomic E-state index is 0.452. The van der Waals surface area contributed by atoms with Crippen molar-refractivity contribution in [1.82, 2.24) is 9.80 Å². The molecule has 1 atom stereocenters. The van der Waals surface area contributed by atoms with Crippen molar-refractivity contribution in [2.75, 3.05) is 33.2 Å². The molecular weight excluding hydrogens is 188 g/mol. The van der Waals surface area contributed by atoms with Crippen LogP contribution in [0.4, 0.5) is 0 Å². The molecule has 1 unspecified atom stereocenters. The van der Waals surface area contributed by atoms with E-state index in [2.05, 4.69) is 16.8 Å². The molecular formula is C12H22N2O. The average molecular weight is 210 g/mol. The standard InChI is InChI=1S/C12H22N2O/c1-13(11-4-5-12(15)10-11)8-9-14-6-2-3-7-14/h11H,2-10H2,1H3. The van der Waals surface area contributed by atoms with Gasteiger partial charge >= 0.3 is 0 Å². The number of hydrogen-bond acceptors (Lipinski definition) is 3. The molecule has 0 radical (unpaired) electrons. The van der Waals surface area contributed by atoms with Gasteiger partial charge < -0.3 is 9.80 Å². The molecule has 1 aliphatic carbocycles. The van der Waals surface area contributed by atoms with Crippen molar-refractivity contribution >= 4 is 5.78 Å². The van der Waals surface area contributed by atoms with Crippen LogP contribution in [-0.4, -0.2) is 54.9 Å². The number of hydrogen-bond donors (Lipinski definition) is 0. The van der Waals surface area contributed by atoms with Gasteiger partial charge in [-0.05, 0) is 39.4 Å². The number of likely N-dealkylation sites (tertiary alicyclic amines) is 1. The number of Topliss-reactive ketones (excluding diaryl/α,β-unsaturated/α-hetero) is 1. The molecule has 0 bridgehead atoms. The average Bonchev–Trinajstić information content (AvgIpc) is 2.84. The normalized spacial score (nSPS) is 28.1. The summed E-state index contributed by atoms with van der Waals surface area (Å²) in [7, 11) is 2.17. The highest BCUT2D eigenvalue weighted by atomic mass is 16.1. The molecule has 86 valence electrons. The molecule has 0 aromatic rings. The molecule has 0 amide bonds. The molecule has 0 spiro atoms. The van der Waals surface area contributed by atoms with Crippen LogP contribution < -0.4 is 0 Å². The second-order valence-corrected chi connectivity index (χ2v) is 4.96. The highest BCUT2D eigenvalue weighted by Crippen LogP contribution is 2.19. The van der Waals surface area contributed by atoms with Gasteiger partial charge in [-0.3, -0.25) is 4.79 Å². The first-order valence-electron chi connectivity index (χ1n) is 6.20. The van der Waals surface area contributed by atoms with Gasteiger partial charge in [-0.25, -0.2) is 0 Å². The van der Waals surface area contributed by atoms with E-state index >= 15 is 0 Å². The van der Waals surface area contributed by atoms with E-state index in [1.165, 1.54) is 32.5 Å². The first-order chi connectivity index (χ1) is 7.25.